The molecule has 0 amide bonds. The van der Waals surface area contributed by atoms with Crippen LogP contribution in [0, 0.1) is 0 Å². The number of aryl methyl sites for hydroxylation is 2. The van der Waals surface area contributed by atoms with Gasteiger partial charge in [0.25, 0.3) is 0 Å². The lowest BCUT2D eigenvalue weighted by Crippen LogP contribution is -2.48. The molecule has 8 heteroatoms. The lowest BCUT2D eigenvalue weighted by molar-refractivity contribution is 0.223. The van der Waals surface area contributed by atoms with E-state index < -0.39 is 0 Å². The molecular weight excluding hydrogens is 364 g/mol. The summed E-state index contributed by atoms with van der Waals surface area (Å²) in [4.78, 5) is 8.88. The van der Waals surface area contributed by atoms with Crippen LogP contribution in [0.15, 0.2) is 29.3 Å². The van der Waals surface area contributed by atoms with Gasteiger partial charge in [0.05, 0.1) is 18.1 Å². The second-order valence-corrected chi connectivity index (χ2v) is 7.08. The van der Waals surface area contributed by atoms with Gasteiger partial charge in [-0.2, -0.15) is 5.10 Å². The van der Waals surface area contributed by atoms with Crippen LogP contribution in [0.2, 0.25) is 5.02 Å². The highest BCUT2D eigenvalue weighted by molar-refractivity contribution is 6.32. The van der Waals surface area contributed by atoms with Crippen molar-refractivity contribution in [2.75, 3.05) is 13.6 Å². The van der Waals surface area contributed by atoms with Gasteiger partial charge in [-0.25, -0.2) is 9.67 Å². The average Bonchev–Trinajstić information content (AvgIpc) is 3.09. The van der Waals surface area contributed by atoms with Crippen LogP contribution in [0.1, 0.15) is 31.9 Å². The van der Waals surface area contributed by atoms with E-state index >= 15 is 0 Å². The third-order valence-corrected chi connectivity index (χ3v) is 4.82. The van der Waals surface area contributed by atoms with Crippen molar-refractivity contribution in [1.82, 2.24) is 25.4 Å². The van der Waals surface area contributed by atoms with Crippen LogP contribution in [-0.4, -0.2) is 46.5 Å². The molecule has 1 aliphatic rings. The first kappa shape index (κ1) is 19.5. The summed E-state index contributed by atoms with van der Waals surface area (Å²) in [5.41, 5.74) is 0. The summed E-state index contributed by atoms with van der Waals surface area (Å²) >= 11 is 6.15. The van der Waals surface area contributed by atoms with E-state index in [1.165, 1.54) is 0 Å². The number of aromatic nitrogens is 3. The van der Waals surface area contributed by atoms with Gasteiger partial charge in [-0.1, -0.05) is 30.7 Å². The fourth-order valence-corrected chi connectivity index (χ4v) is 3.24. The second-order valence-electron chi connectivity index (χ2n) is 6.67. The van der Waals surface area contributed by atoms with Crippen molar-refractivity contribution in [2.24, 2.45) is 4.99 Å². The molecule has 146 valence electrons. The third-order valence-electron chi connectivity index (χ3n) is 4.50. The molecule has 27 heavy (non-hydrogen) atoms. The smallest absolute Gasteiger partial charge is 0.191 e. The number of para-hydroxylation sites is 1. The topological polar surface area (TPSA) is 76.4 Å². The first-order valence-electron chi connectivity index (χ1n) is 9.40. The van der Waals surface area contributed by atoms with Gasteiger partial charge < -0.3 is 15.4 Å². The maximum Gasteiger partial charge on any atom is 0.191 e. The van der Waals surface area contributed by atoms with E-state index in [0.717, 1.165) is 43.4 Å². The molecule has 1 aromatic heterocycles. The molecule has 2 aromatic rings. The summed E-state index contributed by atoms with van der Waals surface area (Å²) in [7, 11) is 1.77. The zero-order chi connectivity index (χ0) is 19.2. The molecule has 2 heterocycles. The van der Waals surface area contributed by atoms with Crippen molar-refractivity contribution in [3.63, 3.8) is 0 Å². The lowest BCUT2D eigenvalue weighted by atomic mass is 10.1. The Hall–Kier alpha value is -2.28. The van der Waals surface area contributed by atoms with Gasteiger partial charge >= 0.3 is 0 Å². The summed E-state index contributed by atoms with van der Waals surface area (Å²) in [6, 6.07) is 7.76. The van der Waals surface area contributed by atoms with Gasteiger partial charge in [0, 0.05) is 25.9 Å². The summed E-state index contributed by atoms with van der Waals surface area (Å²) in [5.74, 6) is 3.44. The quantitative estimate of drug-likeness (QED) is 0.585. The predicted octanol–water partition coefficient (Wildman–Crippen LogP) is 2.44. The third kappa shape index (κ3) is 5.13. The van der Waals surface area contributed by atoms with E-state index in [-0.39, 0.29) is 12.1 Å². The SMILES string of the molecule is CCc1nc2n(n1)CC(NC(=NC)NCC(C)Oc1ccccc1Cl)CC2. The molecule has 2 unspecified atom stereocenters. The molecule has 2 N–H and O–H groups in total. The largest absolute Gasteiger partial charge is 0.487 e. The van der Waals surface area contributed by atoms with Crippen molar-refractivity contribution in [3.8, 4) is 5.75 Å². The first-order valence-corrected chi connectivity index (χ1v) is 9.77. The fourth-order valence-electron chi connectivity index (χ4n) is 3.06. The zero-order valence-electron chi connectivity index (χ0n) is 16.1. The van der Waals surface area contributed by atoms with Crippen LogP contribution in [0.4, 0.5) is 0 Å². The molecule has 0 spiro atoms. The van der Waals surface area contributed by atoms with Crippen LogP contribution in [-0.2, 0) is 19.4 Å². The van der Waals surface area contributed by atoms with Gasteiger partial charge in [0.15, 0.2) is 11.8 Å². The van der Waals surface area contributed by atoms with Gasteiger partial charge in [-0.3, -0.25) is 4.99 Å². The van der Waals surface area contributed by atoms with Crippen molar-refractivity contribution < 1.29 is 4.74 Å². The number of nitrogens with one attached hydrogen (secondary N) is 2. The number of benzene rings is 1. The highest BCUT2D eigenvalue weighted by Gasteiger charge is 2.22. The minimum Gasteiger partial charge on any atom is -0.487 e. The van der Waals surface area contributed by atoms with Gasteiger partial charge in [-0.15, -0.1) is 0 Å². The maximum absolute atomic E-state index is 6.15. The Kier molecular flexibility index (Phi) is 6.55. The van der Waals surface area contributed by atoms with Crippen LogP contribution in [0.25, 0.3) is 0 Å². The van der Waals surface area contributed by atoms with Crippen molar-refractivity contribution in [1.29, 1.82) is 0 Å². The van der Waals surface area contributed by atoms with Gasteiger partial charge in [0.2, 0.25) is 0 Å². The monoisotopic (exact) mass is 390 g/mol. The molecule has 0 bridgehead atoms. The zero-order valence-corrected chi connectivity index (χ0v) is 16.8. The molecule has 0 fully saturated rings. The van der Waals surface area contributed by atoms with Crippen LogP contribution in [0.3, 0.4) is 0 Å². The van der Waals surface area contributed by atoms with Crippen LogP contribution in [0.5, 0.6) is 5.75 Å². The van der Waals surface area contributed by atoms with E-state index in [1.54, 1.807) is 7.05 Å². The summed E-state index contributed by atoms with van der Waals surface area (Å²) in [5, 5.41) is 12.0. The number of aliphatic imine (C=N–C) groups is 1. The molecular formula is C19H27ClN6O. The predicted molar refractivity (Wildman–Crippen MR) is 108 cm³/mol. The molecule has 2 atom stereocenters. The molecule has 1 aliphatic heterocycles. The number of rotatable bonds is 6. The Balaban J connectivity index is 1.49. The Labute approximate surface area is 165 Å². The Morgan fingerprint density at radius 1 is 1.44 bits per heavy atom. The molecule has 7 nitrogen and oxygen atoms in total. The van der Waals surface area contributed by atoms with E-state index in [2.05, 4.69) is 32.6 Å². The van der Waals surface area contributed by atoms with Crippen molar-refractivity contribution in [2.45, 2.75) is 51.8 Å². The molecule has 0 saturated heterocycles. The molecule has 0 saturated carbocycles. The van der Waals surface area contributed by atoms with E-state index in [9.17, 15) is 0 Å². The number of hydrogen-bond acceptors (Lipinski definition) is 4. The summed E-state index contributed by atoms with van der Waals surface area (Å²) in [6.07, 6.45) is 2.75. The molecule has 1 aromatic carbocycles. The highest BCUT2D eigenvalue weighted by Crippen LogP contribution is 2.24. The number of nitrogens with zero attached hydrogens (tertiary/aromatic N) is 4. The number of halogens is 1. The summed E-state index contributed by atoms with van der Waals surface area (Å²) < 4.78 is 7.90. The van der Waals surface area contributed by atoms with Crippen molar-refractivity contribution in [3.05, 3.63) is 40.9 Å². The summed E-state index contributed by atoms with van der Waals surface area (Å²) in [6.45, 7) is 5.49. The molecule has 3 rings (SSSR count). The van der Waals surface area contributed by atoms with E-state index in [0.29, 0.717) is 17.3 Å². The van der Waals surface area contributed by atoms with Crippen LogP contribution >= 0.6 is 11.6 Å². The highest BCUT2D eigenvalue weighted by atomic mass is 35.5. The van der Waals surface area contributed by atoms with Crippen LogP contribution < -0.4 is 15.4 Å². The van der Waals surface area contributed by atoms with E-state index in [1.807, 2.05) is 35.9 Å². The Bertz CT molecular complexity index is 790. The minimum absolute atomic E-state index is 0.0520. The molecule has 0 aliphatic carbocycles. The van der Waals surface area contributed by atoms with Gasteiger partial charge in [-0.05, 0) is 25.5 Å². The maximum atomic E-state index is 6.15. The number of guanidine groups is 1. The Morgan fingerprint density at radius 3 is 3.00 bits per heavy atom. The number of fused-ring (bicyclic) bond motifs is 1. The first-order chi connectivity index (χ1) is 13.1. The van der Waals surface area contributed by atoms with E-state index in [4.69, 9.17) is 16.3 Å². The van der Waals surface area contributed by atoms with Gasteiger partial charge in [0.1, 0.15) is 17.7 Å². The molecule has 0 radical (unpaired) electrons. The Morgan fingerprint density at radius 2 is 2.26 bits per heavy atom. The normalized spacial score (nSPS) is 17.9. The standard InChI is InChI=1S/C19H27ClN6O/c1-4-17-24-18-10-9-14(12-26(18)25-17)23-19(21-3)22-11-13(2)27-16-8-6-5-7-15(16)20/h5-8,13-14H,4,9-12H2,1-3H3,(H2,21,22,23). The fraction of sp³-hybridized carbons (Fsp3) is 0.526. The number of ether oxygens (including phenoxy) is 1. The van der Waals surface area contributed by atoms with Crippen molar-refractivity contribution >= 4 is 17.6 Å². The second kappa shape index (κ2) is 9.08. The number of hydrogen-bond donors (Lipinski definition) is 2. The lowest BCUT2D eigenvalue weighted by Gasteiger charge is -2.26. The minimum atomic E-state index is -0.0520. The average molecular weight is 391 g/mol.